The van der Waals surface area contributed by atoms with E-state index in [1.54, 1.807) is 28.8 Å². The Hall–Kier alpha value is -2.33. The van der Waals surface area contributed by atoms with E-state index in [1.165, 1.54) is 22.3 Å². The molecule has 2 aromatic carbocycles. The van der Waals surface area contributed by atoms with Crippen LogP contribution in [0.15, 0.2) is 86.6 Å². The number of aromatic nitrogens is 1. The molecule has 1 amide bonds. The van der Waals surface area contributed by atoms with Gasteiger partial charge < -0.3 is 0 Å². The largest absolute Gasteiger partial charge is 0.278 e. The van der Waals surface area contributed by atoms with Gasteiger partial charge in [0.2, 0.25) is 15.9 Å². The van der Waals surface area contributed by atoms with Crippen LogP contribution in [0.3, 0.4) is 0 Å². The van der Waals surface area contributed by atoms with Gasteiger partial charge in [-0.1, -0.05) is 47.8 Å². The molecule has 1 fully saturated rings. The van der Waals surface area contributed by atoms with E-state index >= 15 is 0 Å². The lowest BCUT2D eigenvalue weighted by Gasteiger charge is -2.30. The molecule has 6 nitrogen and oxygen atoms in total. The Bertz CT molecular complexity index is 1210. The number of para-hydroxylation sites is 2. The Labute approximate surface area is 196 Å². The van der Waals surface area contributed by atoms with E-state index in [0.29, 0.717) is 18.1 Å². The van der Waals surface area contributed by atoms with Crippen LogP contribution in [0.2, 0.25) is 0 Å². The molecule has 3 aromatic rings. The van der Waals surface area contributed by atoms with Gasteiger partial charge in [0.25, 0.3) is 0 Å². The Balaban J connectivity index is 1.32. The quantitative estimate of drug-likeness (QED) is 0.486. The van der Waals surface area contributed by atoms with Gasteiger partial charge >= 0.3 is 0 Å². The van der Waals surface area contributed by atoms with Gasteiger partial charge in [-0.25, -0.2) is 13.4 Å². The van der Waals surface area contributed by atoms with E-state index in [1.807, 2.05) is 48.5 Å². The van der Waals surface area contributed by atoms with E-state index in [9.17, 15) is 13.2 Å². The molecule has 0 bridgehead atoms. The maximum absolute atomic E-state index is 13.3. The minimum atomic E-state index is -3.49. The van der Waals surface area contributed by atoms with E-state index in [4.69, 9.17) is 0 Å². The van der Waals surface area contributed by atoms with Crippen molar-refractivity contribution in [2.24, 2.45) is 0 Å². The SMILES string of the molecule is O=C(CSc1ccc(S(=O)(=O)N2CCCC2)cn1)N1c2ccccc2Sc2ccccc21. The third-order valence-corrected chi connectivity index (χ3v) is 9.38. The van der Waals surface area contributed by atoms with Gasteiger partial charge in [0.15, 0.2) is 0 Å². The molecule has 1 saturated heterocycles. The van der Waals surface area contributed by atoms with Crippen molar-refractivity contribution in [3.63, 3.8) is 0 Å². The van der Waals surface area contributed by atoms with Gasteiger partial charge in [0, 0.05) is 29.1 Å². The highest BCUT2D eigenvalue weighted by molar-refractivity contribution is 8.00. The molecule has 2 aliphatic heterocycles. The molecule has 0 atom stereocenters. The first-order valence-electron chi connectivity index (χ1n) is 10.3. The normalized spacial score (nSPS) is 15.9. The van der Waals surface area contributed by atoms with Crippen LogP contribution in [-0.2, 0) is 14.8 Å². The molecule has 0 saturated carbocycles. The first kappa shape index (κ1) is 21.5. The number of hydrogen-bond acceptors (Lipinski definition) is 6. The Morgan fingerprint density at radius 1 is 0.938 bits per heavy atom. The molecule has 0 aliphatic carbocycles. The van der Waals surface area contributed by atoms with Crippen LogP contribution in [0.5, 0.6) is 0 Å². The van der Waals surface area contributed by atoms with Crippen LogP contribution in [0.25, 0.3) is 0 Å². The summed E-state index contributed by atoms with van der Waals surface area (Å²) in [6.45, 7) is 1.12. The summed E-state index contributed by atoms with van der Waals surface area (Å²) in [6, 6.07) is 19.0. The number of benzene rings is 2. The zero-order chi connectivity index (χ0) is 22.1. The number of rotatable bonds is 5. The third kappa shape index (κ3) is 4.05. The van der Waals surface area contributed by atoms with Gasteiger partial charge in [-0.3, -0.25) is 9.69 Å². The minimum Gasteiger partial charge on any atom is -0.278 e. The van der Waals surface area contributed by atoms with Crippen molar-refractivity contribution in [2.75, 3.05) is 23.7 Å². The minimum absolute atomic E-state index is 0.0502. The molecule has 9 heteroatoms. The molecule has 0 spiro atoms. The summed E-state index contributed by atoms with van der Waals surface area (Å²) < 4.78 is 26.8. The van der Waals surface area contributed by atoms with Crippen molar-refractivity contribution >= 4 is 50.8 Å². The molecule has 5 rings (SSSR count). The van der Waals surface area contributed by atoms with E-state index in [0.717, 1.165) is 34.0 Å². The summed E-state index contributed by atoms with van der Waals surface area (Å²) in [5.74, 6) is 0.143. The van der Waals surface area contributed by atoms with Crippen LogP contribution in [0.4, 0.5) is 11.4 Å². The molecule has 3 heterocycles. The second-order valence-corrected chi connectivity index (χ2v) is 11.5. The zero-order valence-electron chi connectivity index (χ0n) is 17.2. The highest BCUT2D eigenvalue weighted by Gasteiger charge is 2.29. The number of fused-ring (bicyclic) bond motifs is 2. The van der Waals surface area contributed by atoms with Gasteiger partial charge in [-0.2, -0.15) is 4.31 Å². The standard InChI is InChI=1S/C23H21N3O3S3/c27-23(26-18-7-1-3-9-20(18)31-21-10-4-2-8-19(21)26)16-30-22-12-11-17(15-24-22)32(28,29)25-13-5-6-14-25/h1-4,7-12,15H,5-6,13-14,16H2. The topological polar surface area (TPSA) is 70.6 Å². The summed E-state index contributed by atoms with van der Waals surface area (Å²) in [5.41, 5.74) is 1.75. The summed E-state index contributed by atoms with van der Waals surface area (Å²) >= 11 is 2.96. The van der Waals surface area contributed by atoms with Gasteiger partial charge in [-0.15, -0.1) is 0 Å². The summed E-state index contributed by atoms with van der Waals surface area (Å²) in [5, 5.41) is 0.617. The van der Waals surface area contributed by atoms with Crippen molar-refractivity contribution in [1.29, 1.82) is 0 Å². The molecule has 0 radical (unpaired) electrons. The molecular formula is C23H21N3O3S3. The number of nitrogens with zero attached hydrogens (tertiary/aromatic N) is 3. The fourth-order valence-corrected chi connectivity index (χ4v) is 7.07. The average molecular weight is 484 g/mol. The first-order chi connectivity index (χ1) is 15.5. The predicted octanol–water partition coefficient (Wildman–Crippen LogP) is 4.79. The monoisotopic (exact) mass is 483 g/mol. The average Bonchev–Trinajstić information content (AvgIpc) is 3.37. The number of sulfonamides is 1. The van der Waals surface area contributed by atoms with E-state index in [2.05, 4.69) is 4.98 Å². The Morgan fingerprint density at radius 3 is 2.16 bits per heavy atom. The first-order valence-corrected chi connectivity index (χ1v) is 13.6. The fourth-order valence-electron chi connectivity index (χ4n) is 3.86. The van der Waals surface area contributed by atoms with Crippen molar-refractivity contribution in [1.82, 2.24) is 9.29 Å². The van der Waals surface area contributed by atoms with Crippen molar-refractivity contribution < 1.29 is 13.2 Å². The van der Waals surface area contributed by atoms with Gasteiger partial charge in [0.05, 0.1) is 22.2 Å². The second-order valence-electron chi connectivity index (χ2n) is 7.50. The lowest BCUT2D eigenvalue weighted by molar-refractivity contribution is -0.115. The Morgan fingerprint density at radius 2 is 1.56 bits per heavy atom. The molecule has 0 N–H and O–H groups in total. The number of pyridine rings is 1. The number of anilines is 2. The number of carbonyl (C=O) groups is 1. The molecule has 0 unspecified atom stereocenters. The third-order valence-electron chi connectivity index (χ3n) is 5.44. The summed E-state index contributed by atoms with van der Waals surface area (Å²) in [6.07, 6.45) is 3.18. The lowest BCUT2D eigenvalue weighted by atomic mass is 10.2. The van der Waals surface area contributed by atoms with E-state index in [-0.39, 0.29) is 16.6 Å². The van der Waals surface area contributed by atoms with E-state index < -0.39 is 10.0 Å². The highest BCUT2D eigenvalue weighted by atomic mass is 32.2. The molecular weight excluding hydrogens is 462 g/mol. The van der Waals surface area contributed by atoms with Crippen LogP contribution in [0.1, 0.15) is 12.8 Å². The second kappa shape index (κ2) is 8.90. The number of amides is 1. The molecule has 2 aliphatic rings. The summed E-state index contributed by atoms with van der Waals surface area (Å²) in [4.78, 5) is 21.6. The lowest BCUT2D eigenvalue weighted by Crippen LogP contribution is -2.30. The fraction of sp³-hybridized carbons (Fsp3) is 0.217. The number of hydrogen-bond donors (Lipinski definition) is 0. The molecule has 32 heavy (non-hydrogen) atoms. The molecule has 164 valence electrons. The molecule has 1 aromatic heterocycles. The Kier molecular flexibility index (Phi) is 5.98. The smallest absolute Gasteiger partial charge is 0.244 e. The van der Waals surface area contributed by atoms with Crippen LogP contribution < -0.4 is 4.90 Å². The van der Waals surface area contributed by atoms with Gasteiger partial charge in [-0.05, 0) is 49.2 Å². The highest BCUT2D eigenvalue weighted by Crippen LogP contribution is 2.48. The number of carbonyl (C=O) groups excluding carboxylic acids is 1. The number of thioether (sulfide) groups is 1. The van der Waals surface area contributed by atoms with Crippen LogP contribution in [0, 0.1) is 0 Å². The van der Waals surface area contributed by atoms with Crippen LogP contribution in [-0.4, -0.2) is 42.5 Å². The van der Waals surface area contributed by atoms with Crippen molar-refractivity contribution in [3.05, 3.63) is 66.9 Å². The maximum Gasteiger partial charge on any atom is 0.244 e. The predicted molar refractivity (Wildman–Crippen MR) is 127 cm³/mol. The van der Waals surface area contributed by atoms with Crippen molar-refractivity contribution in [2.45, 2.75) is 32.6 Å². The summed E-state index contributed by atoms with van der Waals surface area (Å²) in [7, 11) is -3.49. The van der Waals surface area contributed by atoms with Crippen molar-refractivity contribution in [3.8, 4) is 0 Å². The maximum atomic E-state index is 13.3. The zero-order valence-corrected chi connectivity index (χ0v) is 19.6. The van der Waals surface area contributed by atoms with Crippen LogP contribution >= 0.6 is 23.5 Å². The van der Waals surface area contributed by atoms with Gasteiger partial charge in [0.1, 0.15) is 4.90 Å².